The highest BCUT2D eigenvalue weighted by Crippen LogP contribution is 2.22. The lowest BCUT2D eigenvalue weighted by Crippen LogP contribution is -1.88. The summed E-state index contributed by atoms with van der Waals surface area (Å²) in [5, 5.41) is 6.72. The second-order valence-electron chi connectivity index (χ2n) is 2.56. The number of para-hydroxylation sites is 1. The standard InChI is InChI=1S/C9H9N3/c10-8-4-2-1-3-7(8)9-5-6-11-12-9/h1-6H,10H2,(H,11,12). The smallest absolute Gasteiger partial charge is 0.0670 e. The number of aromatic nitrogens is 2. The van der Waals surface area contributed by atoms with Crippen LogP contribution in [-0.4, -0.2) is 10.2 Å². The van der Waals surface area contributed by atoms with Gasteiger partial charge in [0, 0.05) is 17.4 Å². The summed E-state index contributed by atoms with van der Waals surface area (Å²) in [5.74, 6) is 0. The molecule has 2 aromatic rings. The first-order chi connectivity index (χ1) is 5.88. The Morgan fingerprint density at radius 3 is 2.67 bits per heavy atom. The van der Waals surface area contributed by atoms with Crippen LogP contribution in [-0.2, 0) is 0 Å². The molecular weight excluding hydrogens is 150 g/mol. The van der Waals surface area contributed by atoms with Crippen LogP contribution in [0.15, 0.2) is 36.5 Å². The van der Waals surface area contributed by atoms with E-state index in [1.165, 1.54) is 0 Å². The second kappa shape index (κ2) is 2.70. The largest absolute Gasteiger partial charge is 0.398 e. The summed E-state index contributed by atoms with van der Waals surface area (Å²) < 4.78 is 0. The molecule has 0 saturated carbocycles. The summed E-state index contributed by atoms with van der Waals surface area (Å²) in [6.45, 7) is 0. The molecule has 60 valence electrons. The molecule has 0 amide bonds. The van der Waals surface area contributed by atoms with Crippen molar-refractivity contribution in [3.63, 3.8) is 0 Å². The minimum Gasteiger partial charge on any atom is -0.398 e. The van der Waals surface area contributed by atoms with Crippen molar-refractivity contribution in [3.05, 3.63) is 36.5 Å². The first-order valence-corrected chi connectivity index (χ1v) is 3.72. The Hall–Kier alpha value is -1.77. The van der Waals surface area contributed by atoms with Crippen LogP contribution >= 0.6 is 0 Å². The summed E-state index contributed by atoms with van der Waals surface area (Å²) in [7, 11) is 0. The number of nitrogens with zero attached hydrogens (tertiary/aromatic N) is 1. The third-order valence-electron chi connectivity index (χ3n) is 1.75. The Morgan fingerprint density at radius 1 is 1.17 bits per heavy atom. The van der Waals surface area contributed by atoms with Crippen molar-refractivity contribution in [1.29, 1.82) is 0 Å². The molecule has 0 aliphatic heterocycles. The van der Waals surface area contributed by atoms with Crippen molar-refractivity contribution in [3.8, 4) is 11.3 Å². The second-order valence-corrected chi connectivity index (χ2v) is 2.56. The lowest BCUT2D eigenvalue weighted by Gasteiger charge is -2.00. The van der Waals surface area contributed by atoms with Gasteiger partial charge in [0.15, 0.2) is 0 Å². The zero-order valence-electron chi connectivity index (χ0n) is 6.49. The molecule has 0 aliphatic carbocycles. The summed E-state index contributed by atoms with van der Waals surface area (Å²) in [6, 6.07) is 9.59. The fourth-order valence-electron chi connectivity index (χ4n) is 1.15. The topological polar surface area (TPSA) is 54.7 Å². The predicted octanol–water partition coefficient (Wildman–Crippen LogP) is 1.66. The van der Waals surface area contributed by atoms with Gasteiger partial charge in [-0.3, -0.25) is 5.10 Å². The number of nitrogen functional groups attached to an aromatic ring is 1. The van der Waals surface area contributed by atoms with Gasteiger partial charge in [0.1, 0.15) is 0 Å². The highest BCUT2D eigenvalue weighted by Gasteiger charge is 2.00. The quantitative estimate of drug-likeness (QED) is 0.622. The van der Waals surface area contributed by atoms with Crippen molar-refractivity contribution in [1.82, 2.24) is 10.2 Å². The summed E-state index contributed by atoms with van der Waals surface area (Å²) in [5.41, 5.74) is 8.48. The van der Waals surface area contributed by atoms with Gasteiger partial charge in [-0.25, -0.2) is 0 Å². The monoisotopic (exact) mass is 159 g/mol. The van der Waals surface area contributed by atoms with E-state index in [2.05, 4.69) is 10.2 Å². The van der Waals surface area contributed by atoms with Crippen molar-refractivity contribution >= 4 is 5.69 Å². The Morgan fingerprint density at radius 2 is 2.00 bits per heavy atom. The lowest BCUT2D eigenvalue weighted by molar-refractivity contribution is 1.10. The maximum Gasteiger partial charge on any atom is 0.0670 e. The molecule has 3 heteroatoms. The highest BCUT2D eigenvalue weighted by atomic mass is 15.1. The molecule has 0 unspecified atom stereocenters. The van der Waals surface area contributed by atoms with E-state index in [1.54, 1.807) is 6.20 Å². The van der Waals surface area contributed by atoms with Gasteiger partial charge in [-0.15, -0.1) is 0 Å². The van der Waals surface area contributed by atoms with Gasteiger partial charge in [-0.1, -0.05) is 18.2 Å². The fourth-order valence-corrected chi connectivity index (χ4v) is 1.15. The summed E-state index contributed by atoms with van der Waals surface area (Å²) in [6.07, 6.45) is 1.71. The minimum atomic E-state index is 0.766. The van der Waals surface area contributed by atoms with Crippen molar-refractivity contribution in [2.24, 2.45) is 0 Å². The Kier molecular flexibility index (Phi) is 1.55. The molecule has 0 radical (unpaired) electrons. The predicted molar refractivity (Wildman–Crippen MR) is 48.4 cm³/mol. The number of benzene rings is 1. The number of hydrogen-bond donors (Lipinski definition) is 2. The van der Waals surface area contributed by atoms with E-state index < -0.39 is 0 Å². The van der Waals surface area contributed by atoms with E-state index in [0.717, 1.165) is 16.9 Å². The normalized spacial score (nSPS) is 10.0. The average molecular weight is 159 g/mol. The number of anilines is 1. The number of nitrogens with two attached hydrogens (primary N) is 1. The minimum absolute atomic E-state index is 0.766. The third-order valence-corrected chi connectivity index (χ3v) is 1.75. The molecule has 1 heterocycles. The SMILES string of the molecule is Nc1ccccc1-c1ccn[nH]1. The van der Waals surface area contributed by atoms with Crippen LogP contribution in [0.5, 0.6) is 0 Å². The Bertz CT molecular complexity index is 365. The molecule has 0 aliphatic rings. The number of aromatic amines is 1. The van der Waals surface area contributed by atoms with Gasteiger partial charge in [0.05, 0.1) is 5.69 Å². The lowest BCUT2D eigenvalue weighted by atomic mass is 10.1. The van der Waals surface area contributed by atoms with E-state index in [4.69, 9.17) is 5.73 Å². The van der Waals surface area contributed by atoms with Crippen LogP contribution in [0.25, 0.3) is 11.3 Å². The molecular formula is C9H9N3. The van der Waals surface area contributed by atoms with E-state index >= 15 is 0 Å². The van der Waals surface area contributed by atoms with Gasteiger partial charge < -0.3 is 5.73 Å². The van der Waals surface area contributed by atoms with E-state index in [9.17, 15) is 0 Å². The Labute approximate surface area is 70.2 Å². The van der Waals surface area contributed by atoms with Crippen LogP contribution in [0, 0.1) is 0 Å². The molecule has 0 saturated heterocycles. The number of H-pyrrole nitrogens is 1. The zero-order valence-corrected chi connectivity index (χ0v) is 6.49. The van der Waals surface area contributed by atoms with Crippen LogP contribution in [0.2, 0.25) is 0 Å². The molecule has 1 aromatic heterocycles. The van der Waals surface area contributed by atoms with Gasteiger partial charge >= 0.3 is 0 Å². The van der Waals surface area contributed by atoms with Gasteiger partial charge in [0.25, 0.3) is 0 Å². The summed E-state index contributed by atoms with van der Waals surface area (Å²) >= 11 is 0. The van der Waals surface area contributed by atoms with E-state index in [0.29, 0.717) is 0 Å². The Balaban J connectivity index is 2.55. The van der Waals surface area contributed by atoms with Crippen molar-refractivity contribution in [2.75, 3.05) is 5.73 Å². The van der Waals surface area contributed by atoms with Crippen LogP contribution in [0.1, 0.15) is 0 Å². The molecule has 12 heavy (non-hydrogen) atoms. The van der Waals surface area contributed by atoms with Gasteiger partial charge in [-0.05, 0) is 12.1 Å². The third kappa shape index (κ3) is 1.05. The fraction of sp³-hybridized carbons (Fsp3) is 0. The first kappa shape index (κ1) is 6.91. The van der Waals surface area contributed by atoms with Gasteiger partial charge in [-0.2, -0.15) is 5.10 Å². The van der Waals surface area contributed by atoms with Crippen LogP contribution in [0.4, 0.5) is 5.69 Å². The zero-order chi connectivity index (χ0) is 8.39. The number of nitrogens with one attached hydrogen (secondary N) is 1. The highest BCUT2D eigenvalue weighted by molar-refractivity contribution is 5.73. The maximum absolute atomic E-state index is 5.76. The molecule has 3 nitrogen and oxygen atoms in total. The maximum atomic E-state index is 5.76. The summed E-state index contributed by atoms with van der Waals surface area (Å²) in [4.78, 5) is 0. The van der Waals surface area contributed by atoms with Crippen LogP contribution < -0.4 is 5.73 Å². The van der Waals surface area contributed by atoms with Crippen molar-refractivity contribution in [2.45, 2.75) is 0 Å². The molecule has 1 aromatic carbocycles. The molecule has 0 fully saturated rings. The van der Waals surface area contributed by atoms with Crippen molar-refractivity contribution < 1.29 is 0 Å². The molecule has 3 N–H and O–H groups in total. The van der Waals surface area contributed by atoms with E-state index in [1.807, 2.05) is 30.3 Å². The molecule has 0 atom stereocenters. The first-order valence-electron chi connectivity index (χ1n) is 3.72. The van der Waals surface area contributed by atoms with E-state index in [-0.39, 0.29) is 0 Å². The number of rotatable bonds is 1. The molecule has 2 rings (SSSR count). The van der Waals surface area contributed by atoms with Crippen LogP contribution in [0.3, 0.4) is 0 Å². The number of hydrogen-bond acceptors (Lipinski definition) is 2. The molecule has 0 bridgehead atoms. The molecule has 0 spiro atoms. The van der Waals surface area contributed by atoms with Gasteiger partial charge in [0.2, 0.25) is 0 Å². The average Bonchev–Trinajstić information content (AvgIpc) is 2.57.